The summed E-state index contributed by atoms with van der Waals surface area (Å²) in [7, 11) is -2.98. The summed E-state index contributed by atoms with van der Waals surface area (Å²) < 4.78 is 34.7. The van der Waals surface area contributed by atoms with Gasteiger partial charge in [0.25, 0.3) is 0 Å². The smallest absolute Gasteiger partial charge is 0.319 e. The molecule has 3 unspecified atom stereocenters. The molecule has 1 aliphatic rings. The van der Waals surface area contributed by atoms with Crippen molar-refractivity contribution in [1.29, 1.82) is 0 Å². The molecule has 0 spiro atoms. The first-order valence-electron chi connectivity index (χ1n) is 19.9. The Morgan fingerprint density at radius 2 is 0.947 bits per heavy atom. The van der Waals surface area contributed by atoms with Gasteiger partial charge in [0.1, 0.15) is 35.9 Å². The van der Waals surface area contributed by atoms with Gasteiger partial charge in [-0.05, 0) is 58.1 Å². The lowest BCUT2D eigenvalue weighted by Crippen LogP contribution is -2.68. The summed E-state index contributed by atoms with van der Waals surface area (Å²) in [5, 5.41) is 14.4. The molecular weight excluding hydrogens is 725 g/mol. The van der Waals surface area contributed by atoms with Crippen molar-refractivity contribution in [3.63, 3.8) is 0 Å². The number of rotatable bonds is 14. The van der Waals surface area contributed by atoms with Crippen LogP contribution in [0.1, 0.15) is 61.6 Å². The second kappa shape index (κ2) is 18.1. The topological polar surface area (TPSA) is 66.4 Å². The molecule has 1 fully saturated rings. The Balaban J connectivity index is 1.28. The van der Waals surface area contributed by atoms with Crippen LogP contribution < -0.4 is 14.8 Å². The first-order valence-corrected chi connectivity index (χ1v) is 21.8. The van der Waals surface area contributed by atoms with Crippen LogP contribution in [-0.4, -0.2) is 37.8 Å². The van der Waals surface area contributed by atoms with Gasteiger partial charge in [-0.1, -0.05) is 172 Å². The highest BCUT2D eigenvalue weighted by Crippen LogP contribution is 2.45. The van der Waals surface area contributed by atoms with E-state index >= 15 is 0 Å². The monoisotopic (exact) mass is 778 g/mol. The molecule has 0 amide bonds. The van der Waals surface area contributed by atoms with Gasteiger partial charge in [0, 0.05) is 11.1 Å². The van der Waals surface area contributed by atoms with Crippen molar-refractivity contribution < 1.29 is 28.5 Å². The first kappa shape index (κ1) is 40.2. The Morgan fingerprint density at radius 3 is 1.39 bits per heavy atom. The van der Waals surface area contributed by atoms with E-state index in [1.807, 2.05) is 105 Å². The maximum atomic E-state index is 12.3. The molecule has 7 heteroatoms. The van der Waals surface area contributed by atoms with Crippen LogP contribution in [0.5, 0.6) is 11.5 Å². The van der Waals surface area contributed by atoms with Gasteiger partial charge in [0.05, 0.1) is 25.9 Å². The SMILES string of the molecule is Cc1c(O[Si](c2ccccc2)(c2ccccc2)C(C)(C)C)ccc([C@H]2OC(C)[C@@H](OCc3ccccc3)C(OCc3ccccc3)C2OCc2ccccc2)c1O. The Hall–Kier alpha value is -5.02. The third kappa shape index (κ3) is 8.94. The molecule has 57 heavy (non-hydrogen) atoms. The molecule has 6 aromatic carbocycles. The fourth-order valence-corrected chi connectivity index (χ4v) is 12.5. The van der Waals surface area contributed by atoms with Gasteiger partial charge in [-0.25, -0.2) is 0 Å². The van der Waals surface area contributed by atoms with E-state index in [9.17, 15) is 5.11 Å². The molecule has 1 heterocycles. The van der Waals surface area contributed by atoms with E-state index in [0.29, 0.717) is 36.7 Å². The lowest BCUT2D eigenvalue weighted by Gasteiger charge is -2.46. The van der Waals surface area contributed by atoms with Gasteiger partial charge in [-0.3, -0.25) is 0 Å². The summed E-state index contributed by atoms with van der Waals surface area (Å²) in [5.41, 5.74) is 4.37. The normalized spacial score (nSPS) is 19.9. The summed E-state index contributed by atoms with van der Waals surface area (Å²) in [6, 6.07) is 55.4. The summed E-state index contributed by atoms with van der Waals surface area (Å²) in [4.78, 5) is 0. The van der Waals surface area contributed by atoms with E-state index in [1.165, 1.54) is 0 Å². The fraction of sp³-hybridized carbons (Fsp3) is 0.280. The minimum absolute atomic E-state index is 0.112. The van der Waals surface area contributed by atoms with Crippen LogP contribution in [0.3, 0.4) is 0 Å². The molecule has 1 saturated heterocycles. The number of aromatic hydroxyl groups is 1. The molecule has 1 N–H and O–H groups in total. The minimum atomic E-state index is -2.98. The molecule has 0 radical (unpaired) electrons. The zero-order valence-electron chi connectivity index (χ0n) is 33.6. The zero-order chi connectivity index (χ0) is 39.8. The average molecular weight is 779 g/mol. The third-order valence-corrected chi connectivity index (χ3v) is 16.0. The maximum Gasteiger partial charge on any atom is 0.319 e. The highest BCUT2D eigenvalue weighted by Gasteiger charge is 2.53. The summed E-state index contributed by atoms with van der Waals surface area (Å²) in [5.74, 6) is 0.749. The molecule has 0 bridgehead atoms. The van der Waals surface area contributed by atoms with E-state index in [-0.39, 0.29) is 10.8 Å². The number of hydrogen-bond donors (Lipinski definition) is 1. The maximum absolute atomic E-state index is 12.3. The van der Waals surface area contributed by atoms with Crippen LogP contribution in [0, 0.1) is 6.92 Å². The number of benzene rings is 6. The molecule has 0 saturated carbocycles. The summed E-state index contributed by atoms with van der Waals surface area (Å²) >= 11 is 0. The van der Waals surface area contributed by atoms with Crippen LogP contribution >= 0.6 is 0 Å². The predicted molar refractivity (Wildman–Crippen MR) is 229 cm³/mol. The predicted octanol–water partition coefficient (Wildman–Crippen LogP) is 9.86. The molecule has 6 nitrogen and oxygen atoms in total. The zero-order valence-corrected chi connectivity index (χ0v) is 34.6. The van der Waals surface area contributed by atoms with Gasteiger partial charge in [-0.2, -0.15) is 0 Å². The van der Waals surface area contributed by atoms with E-state index < -0.39 is 38.8 Å². The number of hydrogen-bond acceptors (Lipinski definition) is 6. The van der Waals surface area contributed by atoms with E-state index in [2.05, 4.69) is 93.6 Å². The largest absolute Gasteiger partial charge is 0.534 e. The quantitative estimate of drug-likeness (QED) is 0.111. The van der Waals surface area contributed by atoms with Crippen molar-refractivity contribution in [2.24, 2.45) is 0 Å². The molecular formula is C50H54O6Si. The Bertz CT molecular complexity index is 2100. The van der Waals surface area contributed by atoms with Crippen LogP contribution in [0.25, 0.3) is 0 Å². The standard InChI is InChI=1S/C50H54O6Si/c1-36-44(56-57(50(3,4)5,41-27-17-9-18-28-41)42-29-19-10-20-30-42)32-31-43(45(36)51)47-49(54-35-40-25-15-8-16-26-40)48(53-34-39-23-13-7-14-24-39)46(37(2)55-47)52-33-38-21-11-6-12-22-38/h6-32,37,46-49,51H,33-35H2,1-5H3/t37?,46-,47-,48?,49?/m1/s1. The first-order chi connectivity index (χ1) is 27.7. The molecule has 0 aromatic heterocycles. The lowest BCUT2D eigenvalue weighted by atomic mass is 9.89. The lowest BCUT2D eigenvalue weighted by molar-refractivity contribution is -0.264. The minimum Gasteiger partial charge on any atom is -0.534 e. The van der Waals surface area contributed by atoms with Crippen LogP contribution in [-0.2, 0) is 38.8 Å². The Morgan fingerprint density at radius 1 is 0.544 bits per heavy atom. The van der Waals surface area contributed by atoms with Crippen molar-refractivity contribution in [2.45, 2.75) is 90.0 Å². The Kier molecular flexibility index (Phi) is 12.7. The molecule has 7 rings (SSSR count). The average Bonchev–Trinajstić information content (AvgIpc) is 3.24. The fourth-order valence-electron chi connectivity index (χ4n) is 8.02. The van der Waals surface area contributed by atoms with Crippen molar-refractivity contribution >= 4 is 18.7 Å². The van der Waals surface area contributed by atoms with E-state index in [4.69, 9.17) is 23.4 Å². The van der Waals surface area contributed by atoms with Crippen LogP contribution in [0.4, 0.5) is 0 Å². The number of ether oxygens (including phenoxy) is 4. The highest BCUT2D eigenvalue weighted by molar-refractivity contribution is 7.00. The molecule has 0 aliphatic carbocycles. The summed E-state index contributed by atoms with van der Waals surface area (Å²) in [6.07, 6.45) is -2.73. The number of phenols is 1. The molecule has 5 atom stereocenters. The van der Waals surface area contributed by atoms with Gasteiger partial charge < -0.3 is 28.5 Å². The molecule has 294 valence electrons. The van der Waals surface area contributed by atoms with Gasteiger partial charge in [0.2, 0.25) is 0 Å². The van der Waals surface area contributed by atoms with E-state index in [0.717, 1.165) is 27.1 Å². The van der Waals surface area contributed by atoms with Gasteiger partial charge in [0.15, 0.2) is 0 Å². The second-order valence-corrected chi connectivity index (χ2v) is 20.2. The van der Waals surface area contributed by atoms with E-state index in [1.54, 1.807) is 0 Å². The third-order valence-electron chi connectivity index (χ3n) is 11.0. The van der Waals surface area contributed by atoms with Gasteiger partial charge in [-0.15, -0.1) is 0 Å². The van der Waals surface area contributed by atoms with Crippen LogP contribution in [0.15, 0.2) is 164 Å². The van der Waals surface area contributed by atoms with Crippen molar-refractivity contribution in [2.75, 3.05) is 0 Å². The molecule has 6 aromatic rings. The summed E-state index contributed by atoms with van der Waals surface area (Å²) in [6.45, 7) is 11.8. The molecule has 1 aliphatic heterocycles. The number of phenolic OH excluding ortho intramolecular Hbond substituents is 1. The van der Waals surface area contributed by atoms with Crippen LogP contribution in [0.2, 0.25) is 5.04 Å². The van der Waals surface area contributed by atoms with Crippen molar-refractivity contribution in [3.05, 3.63) is 192 Å². The van der Waals surface area contributed by atoms with Crippen molar-refractivity contribution in [3.8, 4) is 11.5 Å². The van der Waals surface area contributed by atoms with Crippen molar-refractivity contribution in [1.82, 2.24) is 0 Å². The second-order valence-electron chi connectivity index (χ2n) is 15.9. The van der Waals surface area contributed by atoms with Gasteiger partial charge >= 0.3 is 8.32 Å². The Labute approximate surface area is 339 Å². The highest BCUT2D eigenvalue weighted by atomic mass is 28.4.